The summed E-state index contributed by atoms with van der Waals surface area (Å²) in [5.74, 6) is -0.695. The summed E-state index contributed by atoms with van der Waals surface area (Å²) >= 11 is 0. The Balaban J connectivity index is 2.42. The van der Waals surface area contributed by atoms with Crippen molar-refractivity contribution in [3.8, 4) is 5.75 Å². The molecule has 96 valence electrons. The Morgan fingerprint density at radius 2 is 2.28 bits per heavy atom. The van der Waals surface area contributed by atoms with Crippen LogP contribution in [0.15, 0.2) is 12.1 Å². The zero-order valence-electron chi connectivity index (χ0n) is 9.31. The fourth-order valence-electron chi connectivity index (χ4n) is 1.42. The number of aromatic nitrogens is 3. The Morgan fingerprint density at radius 3 is 2.94 bits per heavy atom. The normalized spacial score (nSPS) is 10.9. The molecule has 0 saturated heterocycles. The third kappa shape index (κ3) is 2.36. The standard InChI is InChI=1S/C10H9F2N3O3/c1-17-10(16)5-2-6-7(14-15-13-6)3-8(5)18-4-9(11)12/h2-3,9H,4H2,1H3,(H,13,14,15). The van der Waals surface area contributed by atoms with Crippen molar-refractivity contribution in [1.29, 1.82) is 0 Å². The first-order chi connectivity index (χ1) is 8.61. The van der Waals surface area contributed by atoms with Gasteiger partial charge in [0.15, 0.2) is 0 Å². The molecule has 1 aromatic carbocycles. The van der Waals surface area contributed by atoms with Gasteiger partial charge in [-0.15, -0.1) is 5.10 Å². The van der Waals surface area contributed by atoms with E-state index in [4.69, 9.17) is 4.74 Å². The van der Waals surface area contributed by atoms with E-state index in [-0.39, 0.29) is 11.3 Å². The number of hydrogen-bond acceptors (Lipinski definition) is 5. The van der Waals surface area contributed by atoms with E-state index in [9.17, 15) is 13.6 Å². The maximum absolute atomic E-state index is 12.1. The van der Waals surface area contributed by atoms with E-state index >= 15 is 0 Å². The number of fused-ring (bicyclic) bond motifs is 1. The number of aromatic amines is 1. The molecule has 0 aliphatic carbocycles. The average molecular weight is 257 g/mol. The van der Waals surface area contributed by atoms with Crippen molar-refractivity contribution in [3.05, 3.63) is 17.7 Å². The minimum Gasteiger partial charge on any atom is -0.487 e. The number of ether oxygens (including phenoxy) is 2. The van der Waals surface area contributed by atoms with Gasteiger partial charge in [0.25, 0.3) is 6.43 Å². The number of carbonyl (C=O) groups is 1. The molecule has 0 aliphatic rings. The molecule has 0 unspecified atom stereocenters. The van der Waals surface area contributed by atoms with Gasteiger partial charge in [0, 0.05) is 6.07 Å². The van der Waals surface area contributed by atoms with Gasteiger partial charge in [-0.05, 0) is 6.07 Å². The molecule has 6 nitrogen and oxygen atoms in total. The molecule has 1 aromatic heterocycles. The molecule has 2 rings (SSSR count). The van der Waals surface area contributed by atoms with Gasteiger partial charge in [0.2, 0.25) is 0 Å². The summed E-state index contributed by atoms with van der Waals surface area (Å²) in [6, 6.07) is 2.75. The second kappa shape index (κ2) is 4.94. The van der Waals surface area contributed by atoms with Crippen LogP contribution in [0, 0.1) is 0 Å². The van der Waals surface area contributed by atoms with Crippen LogP contribution in [-0.2, 0) is 4.74 Å². The van der Waals surface area contributed by atoms with Crippen molar-refractivity contribution in [2.75, 3.05) is 13.7 Å². The van der Waals surface area contributed by atoms with E-state index < -0.39 is 19.0 Å². The first-order valence-corrected chi connectivity index (χ1v) is 4.96. The number of rotatable bonds is 4. The largest absolute Gasteiger partial charge is 0.487 e. The second-order valence-corrected chi connectivity index (χ2v) is 3.37. The Morgan fingerprint density at radius 1 is 1.50 bits per heavy atom. The van der Waals surface area contributed by atoms with Crippen molar-refractivity contribution in [2.24, 2.45) is 0 Å². The van der Waals surface area contributed by atoms with Gasteiger partial charge >= 0.3 is 5.97 Å². The summed E-state index contributed by atoms with van der Waals surface area (Å²) in [6.07, 6.45) is -2.64. The van der Waals surface area contributed by atoms with Crippen LogP contribution in [0.3, 0.4) is 0 Å². The number of alkyl halides is 2. The lowest BCUT2D eigenvalue weighted by Crippen LogP contribution is -2.11. The van der Waals surface area contributed by atoms with Gasteiger partial charge in [-0.2, -0.15) is 0 Å². The fraction of sp³-hybridized carbons (Fsp3) is 0.300. The average Bonchev–Trinajstić information content (AvgIpc) is 2.81. The first kappa shape index (κ1) is 12.2. The number of H-pyrrole nitrogens is 1. The molecule has 0 amide bonds. The van der Waals surface area contributed by atoms with Crippen LogP contribution >= 0.6 is 0 Å². The number of nitrogens with zero attached hydrogens (tertiary/aromatic N) is 2. The molecule has 0 fully saturated rings. The number of carbonyl (C=O) groups excluding carboxylic acids is 1. The maximum Gasteiger partial charge on any atom is 0.341 e. The quantitative estimate of drug-likeness (QED) is 0.837. The Labute approximate surface area is 99.9 Å². The SMILES string of the molecule is COC(=O)c1cc2[nH]nnc2cc1OCC(F)F. The van der Waals surface area contributed by atoms with Crippen molar-refractivity contribution < 1.29 is 23.0 Å². The third-order valence-corrected chi connectivity index (χ3v) is 2.20. The van der Waals surface area contributed by atoms with Crippen molar-refractivity contribution in [3.63, 3.8) is 0 Å². The number of methoxy groups -OCH3 is 1. The van der Waals surface area contributed by atoms with Crippen LogP contribution < -0.4 is 4.74 Å². The van der Waals surface area contributed by atoms with Gasteiger partial charge in [0.1, 0.15) is 23.4 Å². The number of halogens is 2. The molecule has 1 heterocycles. The first-order valence-electron chi connectivity index (χ1n) is 4.96. The highest BCUT2D eigenvalue weighted by atomic mass is 19.3. The molecule has 0 spiro atoms. The summed E-state index contributed by atoms with van der Waals surface area (Å²) in [5.41, 5.74) is 0.934. The highest BCUT2D eigenvalue weighted by Crippen LogP contribution is 2.24. The van der Waals surface area contributed by atoms with Gasteiger partial charge in [-0.3, -0.25) is 5.10 Å². The summed E-state index contributed by atoms with van der Waals surface area (Å²) in [6.45, 7) is -0.812. The Hall–Kier alpha value is -2.25. The Bertz CT molecular complexity index is 570. The molecule has 0 saturated carbocycles. The zero-order valence-corrected chi connectivity index (χ0v) is 9.31. The molecule has 8 heteroatoms. The molecule has 0 radical (unpaired) electrons. The lowest BCUT2D eigenvalue weighted by atomic mass is 10.2. The van der Waals surface area contributed by atoms with Crippen LogP contribution in [0.2, 0.25) is 0 Å². The van der Waals surface area contributed by atoms with Crippen molar-refractivity contribution in [2.45, 2.75) is 6.43 Å². The summed E-state index contributed by atoms with van der Waals surface area (Å²) in [7, 11) is 1.19. The monoisotopic (exact) mass is 257 g/mol. The number of nitrogens with one attached hydrogen (secondary N) is 1. The van der Waals surface area contributed by atoms with Gasteiger partial charge in [0.05, 0.1) is 12.6 Å². The second-order valence-electron chi connectivity index (χ2n) is 3.37. The fourth-order valence-corrected chi connectivity index (χ4v) is 1.42. The zero-order chi connectivity index (χ0) is 13.1. The summed E-state index contributed by atoms with van der Waals surface area (Å²) in [4.78, 5) is 11.5. The van der Waals surface area contributed by atoms with Gasteiger partial charge < -0.3 is 9.47 Å². The molecule has 18 heavy (non-hydrogen) atoms. The van der Waals surface area contributed by atoms with Crippen LogP contribution in [0.5, 0.6) is 5.75 Å². The van der Waals surface area contributed by atoms with Crippen LogP contribution in [0.25, 0.3) is 11.0 Å². The highest BCUT2D eigenvalue weighted by Gasteiger charge is 2.17. The molecule has 0 bridgehead atoms. The van der Waals surface area contributed by atoms with Crippen molar-refractivity contribution in [1.82, 2.24) is 15.4 Å². The number of esters is 1. The predicted molar refractivity (Wildman–Crippen MR) is 56.7 cm³/mol. The number of hydrogen-bond donors (Lipinski definition) is 1. The summed E-state index contributed by atoms with van der Waals surface area (Å²) < 4.78 is 33.6. The molecule has 2 aromatic rings. The van der Waals surface area contributed by atoms with E-state index in [0.29, 0.717) is 11.0 Å². The lowest BCUT2D eigenvalue weighted by Gasteiger charge is -2.09. The van der Waals surface area contributed by atoms with E-state index in [1.54, 1.807) is 0 Å². The summed E-state index contributed by atoms with van der Waals surface area (Å²) in [5, 5.41) is 9.80. The number of benzene rings is 1. The van der Waals surface area contributed by atoms with E-state index in [1.807, 2.05) is 0 Å². The topological polar surface area (TPSA) is 77.1 Å². The minimum absolute atomic E-state index is 0.0106. The van der Waals surface area contributed by atoms with Crippen LogP contribution in [0.4, 0.5) is 8.78 Å². The molecular weight excluding hydrogens is 248 g/mol. The third-order valence-electron chi connectivity index (χ3n) is 2.20. The van der Waals surface area contributed by atoms with E-state index in [0.717, 1.165) is 0 Å². The van der Waals surface area contributed by atoms with Crippen LogP contribution in [0.1, 0.15) is 10.4 Å². The predicted octanol–water partition coefficient (Wildman–Crippen LogP) is 1.39. The van der Waals surface area contributed by atoms with Crippen molar-refractivity contribution >= 4 is 17.0 Å². The Kier molecular flexibility index (Phi) is 3.35. The lowest BCUT2D eigenvalue weighted by molar-refractivity contribution is 0.0578. The molecule has 0 atom stereocenters. The highest BCUT2D eigenvalue weighted by molar-refractivity contribution is 5.96. The smallest absolute Gasteiger partial charge is 0.341 e. The van der Waals surface area contributed by atoms with Gasteiger partial charge in [-0.25, -0.2) is 13.6 Å². The minimum atomic E-state index is -2.64. The van der Waals surface area contributed by atoms with E-state index in [2.05, 4.69) is 20.1 Å². The maximum atomic E-state index is 12.1. The van der Waals surface area contributed by atoms with Gasteiger partial charge in [-0.1, -0.05) is 5.21 Å². The molecule has 0 aliphatic heterocycles. The van der Waals surface area contributed by atoms with Crippen LogP contribution in [-0.4, -0.2) is 41.5 Å². The molecular formula is C10H9F2N3O3. The van der Waals surface area contributed by atoms with E-state index in [1.165, 1.54) is 19.2 Å². The molecule has 1 N–H and O–H groups in total.